The van der Waals surface area contributed by atoms with Crippen LogP contribution in [0.3, 0.4) is 0 Å². The van der Waals surface area contributed by atoms with Gasteiger partial charge in [-0.15, -0.1) is 0 Å². The number of carboxylic acid groups (broad SMARTS) is 1. The maximum atomic E-state index is 11.0. The molecule has 18 heavy (non-hydrogen) atoms. The Bertz CT molecular complexity index is 610. The van der Waals surface area contributed by atoms with E-state index in [1.54, 1.807) is 12.1 Å². The molecule has 2 aromatic rings. The van der Waals surface area contributed by atoms with Crippen molar-refractivity contribution in [2.45, 2.75) is 12.7 Å². The standard InChI is InChI=1S/C13H13NO4/c1-13(17-6-7-18-13)10-2-3-11-9(8-10)4-5-14(11)12(15)16/h2-5,8H,6-7H2,1H3,(H,15,16). The predicted molar refractivity (Wildman–Crippen MR) is 64.6 cm³/mol. The van der Waals surface area contributed by atoms with Gasteiger partial charge in [0.1, 0.15) is 0 Å². The molecular weight excluding hydrogens is 234 g/mol. The number of rotatable bonds is 1. The summed E-state index contributed by atoms with van der Waals surface area (Å²) in [6.45, 7) is 3.02. The fourth-order valence-corrected chi connectivity index (χ4v) is 2.27. The van der Waals surface area contributed by atoms with E-state index in [1.165, 1.54) is 10.8 Å². The van der Waals surface area contributed by atoms with Crippen LogP contribution < -0.4 is 0 Å². The molecule has 1 aromatic carbocycles. The van der Waals surface area contributed by atoms with E-state index in [0.717, 1.165) is 10.9 Å². The van der Waals surface area contributed by atoms with Gasteiger partial charge in [0.2, 0.25) is 0 Å². The monoisotopic (exact) mass is 247 g/mol. The highest BCUT2D eigenvalue weighted by molar-refractivity contribution is 5.89. The molecule has 3 rings (SSSR count). The van der Waals surface area contributed by atoms with Gasteiger partial charge in [-0.25, -0.2) is 4.79 Å². The fourth-order valence-electron chi connectivity index (χ4n) is 2.27. The molecular formula is C13H13NO4. The van der Waals surface area contributed by atoms with Crippen molar-refractivity contribution in [3.8, 4) is 0 Å². The lowest BCUT2D eigenvalue weighted by Gasteiger charge is -2.22. The highest BCUT2D eigenvalue weighted by atomic mass is 16.7. The number of aromatic nitrogens is 1. The first-order valence-corrected chi connectivity index (χ1v) is 5.73. The maximum Gasteiger partial charge on any atom is 0.415 e. The lowest BCUT2D eigenvalue weighted by molar-refractivity contribution is -0.149. The van der Waals surface area contributed by atoms with Gasteiger partial charge in [0.15, 0.2) is 5.79 Å². The van der Waals surface area contributed by atoms with Gasteiger partial charge in [0.05, 0.1) is 18.7 Å². The van der Waals surface area contributed by atoms with E-state index in [-0.39, 0.29) is 0 Å². The van der Waals surface area contributed by atoms with Gasteiger partial charge in [-0.05, 0) is 25.1 Å². The Morgan fingerprint density at radius 2 is 2.06 bits per heavy atom. The van der Waals surface area contributed by atoms with Gasteiger partial charge in [0, 0.05) is 17.1 Å². The average molecular weight is 247 g/mol. The largest absolute Gasteiger partial charge is 0.464 e. The fraction of sp³-hybridized carbons (Fsp3) is 0.308. The van der Waals surface area contributed by atoms with Crippen molar-refractivity contribution in [1.82, 2.24) is 4.57 Å². The van der Waals surface area contributed by atoms with Crippen LogP contribution in [0.15, 0.2) is 30.5 Å². The Morgan fingerprint density at radius 3 is 2.72 bits per heavy atom. The van der Waals surface area contributed by atoms with E-state index >= 15 is 0 Å². The van der Waals surface area contributed by atoms with Gasteiger partial charge in [-0.2, -0.15) is 0 Å². The lowest BCUT2D eigenvalue weighted by Crippen LogP contribution is -2.22. The van der Waals surface area contributed by atoms with Gasteiger partial charge in [-0.3, -0.25) is 4.57 Å². The van der Waals surface area contributed by atoms with Crippen molar-refractivity contribution >= 4 is 17.0 Å². The minimum atomic E-state index is -0.989. The molecule has 2 heterocycles. The molecule has 0 aliphatic carbocycles. The second kappa shape index (κ2) is 3.83. The summed E-state index contributed by atoms with van der Waals surface area (Å²) in [7, 11) is 0. The summed E-state index contributed by atoms with van der Waals surface area (Å²) in [6, 6.07) is 7.29. The molecule has 94 valence electrons. The lowest BCUT2D eigenvalue weighted by atomic mass is 10.1. The van der Waals surface area contributed by atoms with E-state index in [1.807, 2.05) is 19.1 Å². The molecule has 5 nitrogen and oxygen atoms in total. The van der Waals surface area contributed by atoms with Crippen LogP contribution in [-0.2, 0) is 15.3 Å². The van der Waals surface area contributed by atoms with Gasteiger partial charge >= 0.3 is 6.09 Å². The summed E-state index contributed by atoms with van der Waals surface area (Å²) < 4.78 is 12.4. The topological polar surface area (TPSA) is 60.7 Å². The maximum absolute atomic E-state index is 11.0. The van der Waals surface area contributed by atoms with Crippen LogP contribution in [0.2, 0.25) is 0 Å². The number of hydrogen-bond donors (Lipinski definition) is 1. The summed E-state index contributed by atoms with van der Waals surface area (Å²) in [6.07, 6.45) is 0.549. The van der Waals surface area contributed by atoms with Crippen molar-refractivity contribution in [3.05, 3.63) is 36.0 Å². The van der Waals surface area contributed by atoms with Gasteiger partial charge in [-0.1, -0.05) is 6.07 Å². The first-order chi connectivity index (χ1) is 8.60. The second-order valence-electron chi connectivity index (χ2n) is 4.38. The Hall–Kier alpha value is -1.85. The predicted octanol–water partition coefficient (Wildman–Crippen LogP) is 2.39. The molecule has 1 saturated heterocycles. The van der Waals surface area contributed by atoms with Crippen molar-refractivity contribution in [1.29, 1.82) is 0 Å². The summed E-state index contributed by atoms with van der Waals surface area (Å²) in [5.41, 5.74) is 1.56. The number of carbonyl (C=O) groups is 1. The molecule has 0 amide bonds. The van der Waals surface area contributed by atoms with Crippen molar-refractivity contribution in [2.24, 2.45) is 0 Å². The summed E-state index contributed by atoms with van der Waals surface area (Å²) in [4.78, 5) is 11.0. The zero-order chi connectivity index (χ0) is 12.8. The molecule has 0 atom stereocenters. The molecule has 0 unspecified atom stereocenters. The van der Waals surface area contributed by atoms with E-state index < -0.39 is 11.9 Å². The quantitative estimate of drug-likeness (QED) is 0.840. The first-order valence-electron chi connectivity index (χ1n) is 5.73. The molecule has 1 aromatic heterocycles. The van der Waals surface area contributed by atoms with Crippen LogP contribution in [0.4, 0.5) is 4.79 Å². The molecule has 0 saturated carbocycles. The van der Waals surface area contributed by atoms with Crippen LogP contribution in [0.5, 0.6) is 0 Å². The van der Waals surface area contributed by atoms with Crippen molar-refractivity contribution in [3.63, 3.8) is 0 Å². The molecule has 5 heteroatoms. The van der Waals surface area contributed by atoms with E-state index in [2.05, 4.69) is 0 Å². The van der Waals surface area contributed by atoms with E-state index in [9.17, 15) is 4.79 Å². The van der Waals surface area contributed by atoms with Crippen molar-refractivity contribution < 1.29 is 19.4 Å². The summed E-state index contributed by atoms with van der Waals surface area (Å²) >= 11 is 0. The third-order valence-corrected chi connectivity index (χ3v) is 3.26. The Balaban J connectivity index is 2.10. The molecule has 1 N–H and O–H groups in total. The molecule has 0 radical (unpaired) electrons. The number of nitrogens with zero attached hydrogens (tertiary/aromatic N) is 1. The second-order valence-corrected chi connectivity index (χ2v) is 4.38. The third kappa shape index (κ3) is 1.60. The van der Waals surface area contributed by atoms with Gasteiger partial charge in [0.25, 0.3) is 0 Å². The highest BCUT2D eigenvalue weighted by Crippen LogP contribution is 2.32. The molecule has 0 bridgehead atoms. The Labute approximate surface area is 104 Å². The van der Waals surface area contributed by atoms with Gasteiger partial charge < -0.3 is 14.6 Å². The first kappa shape index (κ1) is 11.3. The van der Waals surface area contributed by atoms with Crippen LogP contribution in [-0.4, -0.2) is 29.0 Å². The zero-order valence-electron chi connectivity index (χ0n) is 9.92. The Morgan fingerprint density at radius 1 is 1.33 bits per heavy atom. The number of fused-ring (bicyclic) bond motifs is 1. The Kier molecular flexibility index (Phi) is 2.39. The smallest absolute Gasteiger partial charge is 0.415 e. The minimum absolute atomic E-state index is 0.574. The number of benzene rings is 1. The summed E-state index contributed by atoms with van der Waals surface area (Å²) in [5.74, 6) is -0.723. The molecule has 1 aliphatic rings. The van der Waals surface area contributed by atoms with Crippen LogP contribution in [0, 0.1) is 0 Å². The SMILES string of the molecule is CC1(c2ccc3c(ccn3C(=O)O)c2)OCCO1. The molecule has 1 aliphatic heterocycles. The highest BCUT2D eigenvalue weighted by Gasteiger charge is 2.33. The van der Waals surface area contributed by atoms with E-state index in [0.29, 0.717) is 18.7 Å². The molecule has 0 spiro atoms. The summed E-state index contributed by atoms with van der Waals surface area (Å²) in [5, 5.41) is 9.87. The molecule has 1 fully saturated rings. The van der Waals surface area contributed by atoms with E-state index in [4.69, 9.17) is 14.6 Å². The van der Waals surface area contributed by atoms with Crippen molar-refractivity contribution in [2.75, 3.05) is 13.2 Å². The number of hydrogen-bond acceptors (Lipinski definition) is 3. The zero-order valence-corrected chi connectivity index (χ0v) is 9.92. The minimum Gasteiger partial charge on any atom is -0.464 e. The van der Waals surface area contributed by atoms with Crippen LogP contribution >= 0.6 is 0 Å². The normalized spacial score (nSPS) is 18.3. The van der Waals surface area contributed by atoms with Crippen LogP contribution in [0.25, 0.3) is 10.9 Å². The number of ether oxygens (including phenoxy) is 2. The van der Waals surface area contributed by atoms with Crippen LogP contribution in [0.1, 0.15) is 12.5 Å². The average Bonchev–Trinajstić information content (AvgIpc) is 2.94. The third-order valence-electron chi connectivity index (χ3n) is 3.26.